The maximum absolute atomic E-state index is 12.4. The molecule has 1 amide bonds. The van der Waals surface area contributed by atoms with Crippen molar-refractivity contribution >= 4 is 34.0 Å². The minimum absolute atomic E-state index is 0.181. The molecule has 3 aromatic rings. The first kappa shape index (κ1) is 19.1. The van der Waals surface area contributed by atoms with Gasteiger partial charge in [-0.05, 0) is 67.1 Å². The Morgan fingerprint density at radius 2 is 1.97 bits per heavy atom. The number of carbonyl (C=O) groups is 3. The summed E-state index contributed by atoms with van der Waals surface area (Å²) >= 11 is 1.10. The van der Waals surface area contributed by atoms with Crippen molar-refractivity contribution in [3.05, 3.63) is 75.6 Å². The maximum Gasteiger partial charge on any atom is 0.349 e. The summed E-state index contributed by atoms with van der Waals surface area (Å²) in [5.41, 5.74) is 3.72. The predicted molar refractivity (Wildman–Crippen MR) is 109 cm³/mol. The van der Waals surface area contributed by atoms with E-state index in [0.29, 0.717) is 21.0 Å². The average Bonchev–Trinajstić information content (AvgIpc) is 3.45. The molecule has 7 heteroatoms. The molecule has 1 N–H and O–H groups in total. The lowest BCUT2D eigenvalue weighted by Crippen LogP contribution is -2.14. The van der Waals surface area contributed by atoms with Gasteiger partial charge in [-0.25, -0.2) is 4.79 Å². The first-order valence-corrected chi connectivity index (χ1v) is 10.1. The van der Waals surface area contributed by atoms with E-state index in [2.05, 4.69) is 5.32 Å². The Balaban J connectivity index is 1.38. The Morgan fingerprint density at radius 3 is 2.76 bits per heavy atom. The number of carbonyl (C=O) groups excluding carboxylic acids is 3. The van der Waals surface area contributed by atoms with Crippen molar-refractivity contribution in [2.75, 3.05) is 11.9 Å². The van der Waals surface area contributed by atoms with Gasteiger partial charge < -0.3 is 14.5 Å². The van der Waals surface area contributed by atoms with E-state index in [1.54, 1.807) is 31.2 Å². The number of anilines is 1. The number of nitrogens with one attached hydrogen (secondary N) is 1. The second-order valence-electron chi connectivity index (χ2n) is 6.89. The van der Waals surface area contributed by atoms with E-state index in [9.17, 15) is 14.4 Å². The molecule has 0 aliphatic heterocycles. The molecule has 2 heterocycles. The zero-order valence-corrected chi connectivity index (χ0v) is 16.6. The first-order valence-electron chi connectivity index (χ1n) is 9.28. The van der Waals surface area contributed by atoms with E-state index in [1.807, 2.05) is 12.1 Å². The zero-order valence-electron chi connectivity index (χ0n) is 15.8. The minimum Gasteiger partial charge on any atom is -0.459 e. The van der Waals surface area contributed by atoms with Crippen molar-refractivity contribution in [1.82, 2.24) is 0 Å². The number of ketones is 1. The van der Waals surface area contributed by atoms with Crippen LogP contribution in [0.2, 0.25) is 0 Å². The normalized spacial score (nSPS) is 12.4. The number of thiophene rings is 1. The Labute approximate surface area is 171 Å². The van der Waals surface area contributed by atoms with E-state index in [1.165, 1.54) is 17.4 Å². The van der Waals surface area contributed by atoms with E-state index in [4.69, 9.17) is 9.15 Å². The van der Waals surface area contributed by atoms with Gasteiger partial charge >= 0.3 is 5.97 Å². The van der Waals surface area contributed by atoms with Gasteiger partial charge in [0.15, 0.2) is 18.2 Å². The van der Waals surface area contributed by atoms with Gasteiger partial charge in [-0.2, -0.15) is 0 Å². The molecule has 29 heavy (non-hydrogen) atoms. The van der Waals surface area contributed by atoms with Crippen molar-refractivity contribution < 1.29 is 23.5 Å². The lowest BCUT2D eigenvalue weighted by molar-refractivity contribution is 0.0479. The zero-order chi connectivity index (χ0) is 20.4. The Kier molecular flexibility index (Phi) is 5.31. The Bertz CT molecular complexity index is 1080. The summed E-state index contributed by atoms with van der Waals surface area (Å²) in [5.74, 6) is -1.03. The third-order valence-corrected chi connectivity index (χ3v) is 5.97. The monoisotopic (exact) mass is 409 g/mol. The third-order valence-electron chi connectivity index (χ3n) is 4.84. The summed E-state index contributed by atoms with van der Waals surface area (Å²) in [6.07, 6.45) is 4.56. The summed E-state index contributed by atoms with van der Waals surface area (Å²) in [5, 5.41) is 3.19. The van der Waals surface area contributed by atoms with Crippen LogP contribution >= 0.6 is 11.3 Å². The highest BCUT2D eigenvalue weighted by Crippen LogP contribution is 2.28. The number of ether oxygens (including phenoxy) is 1. The highest BCUT2D eigenvalue weighted by Gasteiger charge is 2.20. The SMILES string of the molecule is Cc1cc(NC(=O)c2ccco2)sc1C(=O)OCC(=O)c1ccc2c(c1)CCC2. The van der Waals surface area contributed by atoms with Crippen molar-refractivity contribution in [2.24, 2.45) is 0 Å². The molecule has 1 aliphatic carbocycles. The molecule has 0 unspecified atom stereocenters. The second-order valence-corrected chi connectivity index (χ2v) is 7.94. The third kappa shape index (κ3) is 4.14. The second kappa shape index (κ2) is 8.05. The van der Waals surface area contributed by atoms with E-state index < -0.39 is 11.9 Å². The Hall–Kier alpha value is -3.19. The number of aryl methyl sites for hydroxylation is 3. The summed E-state index contributed by atoms with van der Waals surface area (Å²) in [6.45, 7) is 1.43. The van der Waals surface area contributed by atoms with Crippen LogP contribution in [0, 0.1) is 6.92 Å². The summed E-state index contributed by atoms with van der Waals surface area (Å²) in [7, 11) is 0. The van der Waals surface area contributed by atoms with Gasteiger partial charge in [-0.1, -0.05) is 12.1 Å². The molecule has 0 saturated carbocycles. The van der Waals surface area contributed by atoms with Crippen molar-refractivity contribution in [1.29, 1.82) is 0 Å². The molecule has 0 spiro atoms. The molecular weight excluding hydrogens is 390 g/mol. The fraction of sp³-hybridized carbons (Fsp3) is 0.227. The van der Waals surface area contributed by atoms with Gasteiger partial charge in [0.2, 0.25) is 0 Å². The smallest absolute Gasteiger partial charge is 0.349 e. The first-order chi connectivity index (χ1) is 14.0. The molecule has 0 saturated heterocycles. The number of hydrogen-bond acceptors (Lipinski definition) is 6. The number of Topliss-reactive ketones (excluding diaryl/α,β-unsaturated/α-hetero) is 1. The lowest BCUT2D eigenvalue weighted by atomic mass is 10.0. The number of rotatable bonds is 6. The average molecular weight is 409 g/mol. The van der Waals surface area contributed by atoms with E-state index >= 15 is 0 Å². The fourth-order valence-corrected chi connectivity index (χ4v) is 4.31. The predicted octanol–water partition coefficient (Wildman–Crippen LogP) is 4.43. The largest absolute Gasteiger partial charge is 0.459 e. The molecule has 2 aromatic heterocycles. The molecule has 0 fully saturated rings. The molecule has 0 atom stereocenters. The van der Waals surface area contributed by atoms with Crippen LogP contribution in [0.25, 0.3) is 0 Å². The van der Waals surface area contributed by atoms with Crippen LogP contribution in [-0.4, -0.2) is 24.3 Å². The fourth-order valence-electron chi connectivity index (χ4n) is 3.35. The van der Waals surface area contributed by atoms with Crippen LogP contribution in [0.4, 0.5) is 5.00 Å². The van der Waals surface area contributed by atoms with Crippen LogP contribution in [0.15, 0.2) is 47.1 Å². The Morgan fingerprint density at radius 1 is 1.14 bits per heavy atom. The van der Waals surface area contributed by atoms with Crippen LogP contribution in [0.1, 0.15) is 53.7 Å². The van der Waals surface area contributed by atoms with Crippen molar-refractivity contribution in [3.8, 4) is 0 Å². The number of esters is 1. The number of fused-ring (bicyclic) bond motifs is 1. The van der Waals surface area contributed by atoms with Gasteiger partial charge in [0.25, 0.3) is 5.91 Å². The molecule has 148 valence electrons. The number of benzene rings is 1. The van der Waals surface area contributed by atoms with Gasteiger partial charge in [0.1, 0.15) is 4.88 Å². The highest BCUT2D eigenvalue weighted by molar-refractivity contribution is 7.18. The highest BCUT2D eigenvalue weighted by atomic mass is 32.1. The minimum atomic E-state index is -0.583. The molecule has 4 rings (SSSR count). The molecule has 1 aromatic carbocycles. The molecule has 0 bridgehead atoms. The van der Waals surface area contributed by atoms with Gasteiger partial charge in [-0.15, -0.1) is 11.3 Å². The van der Waals surface area contributed by atoms with Crippen LogP contribution in [0.5, 0.6) is 0 Å². The quantitative estimate of drug-likeness (QED) is 0.481. The topological polar surface area (TPSA) is 85.6 Å². The van der Waals surface area contributed by atoms with Crippen LogP contribution in [0.3, 0.4) is 0 Å². The van der Waals surface area contributed by atoms with Crippen LogP contribution in [-0.2, 0) is 17.6 Å². The molecular formula is C22H19NO5S. The number of amides is 1. The number of hydrogen-bond donors (Lipinski definition) is 1. The van der Waals surface area contributed by atoms with Crippen molar-refractivity contribution in [3.63, 3.8) is 0 Å². The van der Waals surface area contributed by atoms with Gasteiger partial charge in [0, 0.05) is 5.56 Å². The summed E-state index contributed by atoms with van der Waals surface area (Å²) in [6, 6.07) is 10.5. The van der Waals surface area contributed by atoms with E-state index in [0.717, 1.165) is 30.6 Å². The van der Waals surface area contributed by atoms with Gasteiger partial charge in [-0.3, -0.25) is 9.59 Å². The molecule has 0 radical (unpaired) electrons. The molecule has 1 aliphatic rings. The number of furan rings is 1. The van der Waals surface area contributed by atoms with Crippen LogP contribution < -0.4 is 5.32 Å². The van der Waals surface area contributed by atoms with E-state index in [-0.39, 0.29) is 18.2 Å². The maximum atomic E-state index is 12.4. The van der Waals surface area contributed by atoms with Crippen molar-refractivity contribution in [2.45, 2.75) is 26.2 Å². The molecule has 6 nitrogen and oxygen atoms in total. The summed E-state index contributed by atoms with van der Waals surface area (Å²) in [4.78, 5) is 37.2. The van der Waals surface area contributed by atoms with Gasteiger partial charge in [0.05, 0.1) is 11.3 Å². The standard InChI is InChI=1S/C22H19NO5S/c1-13-10-19(23-21(25)18-6-3-9-27-18)29-20(13)22(26)28-12-17(24)16-8-7-14-4-2-5-15(14)11-16/h3,6-11H,2,4-5,12H2,1H3,(H,23,25). The lowest BCUT2D eigenvalue weighted by Gasteiger charge is -2.06. The summed E-state index contributed by atoms with van der Waals surface area (Å²) < 4.78 is 10.3.